The highest BCUT2D eigenvalue weighted by Crippen LogP contribution is 2.32. The quantitative estimate of drug-likeness (QED) is 0.505. The molecule has 4 rings (SSSR count). The molecule has 0 radical (unpaired) electrons. The normalized spacial score (nSPS) is 13.0. The van der Waals surface area contributed by atoms with E-state index < -0.39 is 24.1 Å². The molecule has 1 aromatic heterocycles. The fraction of sp³-hybridized carbons (Fsp3) is 0.280. The van der Waals surface area contributed by atoms with Crippen LogP contribution in [0.5, 0.6) is 11.6 Å². The molecular weight excluding hydrogens is 430 g/mol. The zero-order chi connectivity index (χ0) is 23.4. The topological polar surface area (TPSA) is 80.7 Å². The van der Waals surface area contributed by atoms with E-state index in [4.69, 9.17) is 9.47 Å². The second-order valence-electron chi connectivity index (χ2n) is 7.91. The highest BCUT2D eigenvalue weighted by Gasteiger charge is 2.24. The van der Waals surface area contributed by atoms with E-state index in [1.54, 1.807) is 18.2 Å². The summed E-state index contributed by atoms with van der Waals surface area (Å²) in [5.74, 6) is -0.790. The van der Waals surface area contributed by atoms with Gasteiger partial charge in [-0.1, -0.05) is 18.2 Å². The van der Waals surface area contributed by atoms with E-state index in [1.807, 2.05) is 0 Å². The molecule has 6 nitrogen and oxygen atoms in total. The lowest BCUT2D eigenvalue weighted by atomic mass is 9.99. The summed E-state index contributed by atoms with van der Waals surface area (Å²) in [6.45, 7) is 0.0402. The van der Waals surface area contributed by atoms with E-state index in [-0.39, 0.29) is 29.3 Å². The van der Waals surface area contributed by atoms with E-state index in [0.29, 0.717) is 29.2 Å². The maximum absolute atomic E-state index is 14.2. The van der Waals surface area contributed by atoms with Gasteiger partial charge in [0.25, 0.3) is 5.91 Å². The number of amides is 1. The Balaban J connectivity index is 1.61. The molecule has 2 aromatic carbocycles. The lowest BCUT2D eigenvalue weighted by Gasteiger charge is -2.14. The van der Waals surface area contributed by atoms with Crippen LogP contribution >= 0.6 is 0 Å². The first-order chi connectivity index (χ1) is 16.0. The number of benzene rings is 2. The number of halogens is 2. The number of aliphatic hydroxyl groups excluding tert-OH is 1. The molecular formula is C25H24F2N2O4. The van der Waals surface area contributed by atoms with E-state index in [0.717, 1.165) is 12.8 Å². The molecule has 33 heavy (non-hydrogen) atoms. The molecule has 1 aliphatic rings. The van der Waals surface area contributed by atoms with Crippen LogP contribution in [-0.4, -0.2) is 29.7 Å². The molecule has 0 aliphatic heterocycles. The zero-order valence-electron chi connectivity index (χ0n) is 18.1. The van der Waals surface area contributed by atoms with Gasteiger partial charge in [-0.2, -0.15) is 0 Å². The van der Waals surface area contributed by atoms with E-state index in [1.165, 1.54) is 37.6 Å². The number of rotatable bonds is 9. The highest BCUT2D eigenvalue weighted by molar-refractivity contribution is 5.97. The van der Waals surface area contributed by atoms with Gasteiger partial charge in [0.15, 0.2) is 11.6 Å². The summed E-state index contributed by atoms with van der Waals surface area (Å²) < 4.78 is 38.8. The first-order valence-electron chi connectivity index (χ1n) is 10.6. The Kier molecular flexibility index (Phi) is 6.84. The van der Waals surface area contributed by atoms with Crippen molar-refractivity contribution < 1.29 is 28.2 Å². The van der Waals surface area contributed by atoms with E-state index >= 15 is 0 Å². The summed E-state index contributed by atoms with van der Waals surface area (Å²) in [4.78, 5) is 17.3. The van der Waals surface area contributed by atoms with Crippen molar-refractivity contribution in [2.75, 3.05) is 13.7 Å². The number of methoxy groups -OCH3 is 1. The third-order valence-corrected chi connectivity index (χ3v) is 5.51. The molecule has 1 saturated carbocycles. The molecule has 0 atom stereocenters. The molecule has 8 heteroatoms. The summed E-state index contributed by atoms with van der Waals surface area (Å²) in [7, 11) is 1.38. The molecule has 1 aliphatic carbocycles. The predicted octanol–water partition coefficient (Wildman–Crippen LogP) is 4.25. The molecule has 1 amide bonds. The molecule has 0 spiro atoms. The van der Waals surface area contributed by atoms with Crippen LogP contribution in [0.4, 0.5) is 8.78 Å². The van der Waals surface area contributed by atoms with Crippen molar-refractivity contribution in [1.29, 1.82) is 0 Å². The number of ether oxygens (including phenoxy) is 2. The number of hydrogen-bond acceptors (Lipinski definition) is 5. The number of aliphatic hydroxyl groups is 1. The van der Waals surface area contributed by atoms with Gasteiger partial charge in [0, 0.05) is 23.9 Å². The minimum absolute atomic E-state index is 0.0773. The number of hydrogen-bond donors (Lipinski definition) is 2. The third kappa shape index (κ3) is 5.28. The van der Waals surface area contributed by atoms with Crippen molar-refractivity contribution in [3.05, 3.63) is 77.0 Å². The Morgan fingerprint density at radius 3 is 2.70 bits per heavy atom. The maximum Gasteiger partial charge on any atom is 0.257 e. The van der Waals surface area contributed by atoms with Crippen LogP contribution in [0.25, 0.3) is 11.1 Å². The third-order valence-electron chi connectivity index (χ3n) is 5.51. The van der Waals surface area contributed by atoms with Crippen LogP contribution in [0.2, 0.25) is 0 Å². The zero-order valence-corrected chi connectivity index (χ0v) is 18.1. The summed E-state index contributed by atoms with van der Waals surface area (Å²) in [6.07, 6.45) is 3.64. The Morgan fingerprint density at radius 2 is 2.00 bits per heavy atom. The summed E-state index contributed by atoms with van der Waals surface area (Å²) in [6, 6.07) is 10.4. The van der Waals surface area contributed by atoms with Gasteiger partial charge in [0.1, 0.15) is 11.4 Å². The van der Waals surface area contributed by atoms with Crippen molar-refractivity contribution in [2.45, 2.75) is 26.0 Å². The van der Waals surface area contributed by atoms with Crippen molar-refractivity contribution in [2.24, 2.45) is 5.92 Å². The fourth-order valence-electron chi connectivity index (χ4n) is 3.45. The van der Waals surface area contributed by atoms with Gasteiger partial charge < -0.3 is 19.9 Å². The summed E-state index contributed by atoms with van der Waals surface area (Å²) >= 11 is 0. The molecule has 172 valence electrons. The summed E-state index contributed by atoms with van der Waals surface area (Å²) in [5, 5.41) is 12.4. The van der Waals surface area contributed by atoms with E-state index in [9.17, 15) is 18.7 Å². The Labute approximate surface area is 190 Å². The van der Waals surface area contributed by atoms with Gasteiger partial charge in [-0.25, -0.2) is 13.8 Å². The largest absolute Gasteiger partial charge is 0.494 e. The average Bonchev–Trinajstić information content (AvgIpc) is 3.65. The van der Waals surface area contributed by atoms with Gasteiger partial charge in [-0.15, -0.1) is 0 Å². The molecule has 0 unspecified atom stereocenters. The summed E-state index contributed by atoms with van der Waals surface area (Å²) in [5.41, 5.74) is 1.75. The standard InChI is InChI=1S/C25H24F2N2O4/c1-32-23-8-7-16(9-22(23)27)11-28-24(31)19-10-17(12-29-25(19)33-14-15-5-6-15)18-3-2-4-21(26)20(18)13-30/h2-4,7-10,12,15,30H,5-6,11,13-14H2,1H3,(H,28,31). The number of carbonyl (C=O) groups is 1. The first-order valence-corrected chi connectivity index (χ1v) is 10.6. The number of nitrogens with one attached hydrogen (secondary N) is 1. The van der Waals surface area contributed by atoms with Crippen LogP contribution < -0.4 is 14.8 Å². The van der Waals surface area contributed by atoms with Gasteiger partial charge in [0.05, 0.1) is 20.3 Å². The minimum atomic E-state index is -0.545. The van der Waals surface area contributed by atoms with Crippen LogP contribution in [0.3, 0.4) is 0 Å². The number of carbonyl (C=O) groups excluding carboxylic acids is 1. The van der Waals surface area contributed by atoms with Gasteiger partial charge in [-0.05, 0) is 54.2 Å². The van der Waals surface area contributed by atoms with E-state index in [2.05, 4.69) is 10.3 Å². The first kappa shape index (κ1) is 22.7. The molecule has 1 heterocycles. The second-order valence-corrected chi connectivity index (χ2v) is 7.91. The molecule has 0 bridgehead atoms. The highest BCUT2D eigenvalue weighted by atomic mass is 19.1. The predicted molar refractivity (Wildman–Crippen MR) is 118 cm³/mol. The average molecular weight is 454 g/mol. The molecule has 3 aromatic rings. The van der Waals surface area contributed by atoms with Crippen LogP contribution in [-0.2, 0) is 13.2 Å². The maximum atomic E-state index is 14.2. The SMILES string of the molecule is COc1ccc(CNC(=O)c2cc(-c3cccc(F)c3CO)cnc2OCC2CC2)cc1F. The van der Waals surface area contributed by atoms with Gasteiger partial charge >= 0.3 is 0 Å². The Morgan fingerprint density at radius 1 is 1.18 bits per heavy atom. The van der Waals surface area contributed by atoms with Crippen molar-refractivity contribution in [1.82, 2.24) is 10.3 Å². The monoisotopic (exact) mass is 454 g/mol. The number of pyridine rings is 1. The Bertz CT molecular complexity index is 1170. The lowest BCUT2D eigenvalue weighted by molar-refractivity contribution is 0.0945. The minimum Gasteiger partial charge on any atom is -0.494 e. The van der Waals surface area contributed by atoms with Crippen LogP contribution in [0, 0.1) is 17.6 Å². The molecule has 0 saturated heterocycles. The molecule has 2 N–H and O–H groups in total. The smallest absolute Gasteiger partial charge is 0.257 e. The van der Waals surface area contributed by atoms with Crippen molar-refractivity contribution in [3.8, 4) is 22.8 Å². The number of aromatic nitrogens is 1. The van der Waals surface area contributed by atoms with Gasteiger partial charge in [-0.3, -0.25) is 4.79 Å². The second kappa shape index (κ2) is 9.95. The Hall–Kier alpha value is -3.52. The lowest BCUT2D eigenvalue weighted by Crippen LogP contribution is -2.24. The van der Waals surface area contributed by atoms with Crippen molar-refractivity contribution >= 4 is 5.91 Å². The fourth-order valence-corrected chi connectivity index (χ4v) is 3.45. The van der Waals surface area contributed by atoms with Crippen LogP contribution in [0.1, 0.15) is 34.3 Å². The van der Waals surface area contributed by atoms with Crippen LogP contribution in [0.15, 0.2) is 48.7 Å². The number of nitrogens with zero attached hydrogens (tertiary/aromatic N) is 1. The van der Waals surface area contributed by atoms with Gasteiger partial charge in [0.2, 0.25) is 5.88 Å². The van der Waals surface area contributed by atoms with Crippen molar-refractivity contribution in [3.63, 3.8) is 0 Å². The molecule has 1 fully saturated rings.